The van der Waals surface area contributed by atoms with Crippen molar-refractivity contribution in [1.29, 1.82) is 0 Å². The Labute approximate surface area is 141 Å². The van der Waals surface area contributed by atoms with Crippen molar-refractivity contribution >= 4 is 0 Å². The first-order valence-electron chi connectivity index (χ1n) is 10.2. The average molecular weight is 309 g/mol. The summed E-state index contributed by atoms with van der Waals surface area (Å²) in [4.78, 5) is 0. The number of hydrogen-bond acceptors (Lipinski definition) is 0. The van der Waals surface area contributed by atoms with Crippen molar-refractivity contribution in [3.05, 3.63) is 0 Å². The van der Waals surface area contributed by atoms with Gasteiger partial charge in [0.2, 0.25) is 0 Å². The molecule has 0 aromatic heterocycles. The maximum Gasteiger partial charge on any atom is -0.0323 e. The Morgan fingerprint density at radius 1 is 0.955 bits per heavy atom. The lowest BCUT2D eigenvalue weighted by atomic mass is 9.62. The van der Waals surface area contributed by atoms with E-state index in [9.17, 15) is 0 Å². The highest BCUT2D eigenvalue weighted by atomic mass is 14.4. The van der Waals surface area contributed by atoms with Gasteiger partial charge in [0.15, 0.2) is 0 Å². The fourth-order valence-corrected chi connectivity index (χ4v) is 5.06. The highest BCUT2D eigenvalue weighted by Gasteiger charge is 2.36. The second-order valence-corrected chi connectivity index (χ2v) is 9.81. The molecule has 132 valence electrons. The molecule has 22 heavy (non-hydrogen) atoms. The number of rotatable bonds is 9. The van der Waals surface area contributed by atoms with Gasteiger partial charge in [-0.2, -0.15) is 0 Å². The monoisotopic (exact) mass is 308 g/mol. The Balaban J connectivity index is 2.23. The third-order valence-corrected chi connectivity index (χ3v) is 6.41. The largest absolute Gasteiger partial charge is 0.0628 e. The Morgan fingerprint density at radius 3 is 2.18 bits per heavy atom. The second kappa shape index (κ2) is 9.33. The molecule has 1 saturated carbocycles. The molecule has 0 heterocycles. The Hall–Kier alpha value is 0. The molecule has 0 spiro atoms. The van der Waals surface area contributed by atoms with E-state index in [-0.39, 0.29) is 0 Å². The normalized spacial score (nSPS) is 27.8. The Kier molecular flexibility index (Phi) is 8.50. The predicted molar refractivity (Wildman–Crippen MR) is 101 cm³/mol. The zero-order valence-corrected chi connectivity index (χ0v) is 16.8. The summed E-state index contributed by atoms with van der Waals surface area (Å²) in [6.07, 6.45) is 13.0. The minimum Gasteiger partial charge on any atom is -0.0628 e. The molecule has 1 rings (SSSR count). The van der Waals surface area contributed by atoms with Gasteiger partial charge in [0.05, 0.1) is 0 Å². The van der Waals surface area contributed by atoms with Gasteiger partial charge >= 0.3 is 0 Å². The highest BCUT2D eigenvalue weighted by molar-refractivity contribution is 4.86. The fourth-order valence-electron chi connectivity index (χ4n) is 5.06. The lowest BCUT2D eigenvalue weighted by molar-refractivity contribution is 0.0706. The molecule has 0 bridgehead atoms. The van der Waals surface area contributed by atoms with Gasteiger partial charge in [-0.3, -0.25) is 0 Å². The molecule has 1 aliphatic rings. The van der Waals surface area contributed by atoms with Crippen LogP contribution in [0.15, 0.2) is 0 Å². The summed E-state index contributed by atoms with van der Waals surface area (Å²) in [5, 5.41) is 0. The van der Waals surface area contributed by atoms with Crippen molar-refractivity contribution in [3.63, 3.8) is 0 Å². The van der Waals surface area contributed by atoms with Gasteiger partial charge in [-0.15, -0.1) is 0 Å². The van der Waals surface area contributed by atoms with Crippen LogP contribution in [0, 0.1) is 35.0 Å². The van der Waals surface area contributed by atoms with Crippen LogP contribution in [0.25, 0.3) is 0 Å². The smallest absolute Gasteiger partial charge is 0.0323 e. The van der Waals surface area contributed by atoms with E-state index in [0.717, 1.165) is 29.6 Å². The molecule has 0 N–H and O–H groups in total. The molecule has 0 aliphatic heterocycles. The highest BCUT2D eigenvalue weighted by Crippen LogP contribution is 2.46. The fraction of sp³-hybridized carbons (Fsp3) is 1.00. The molecule has 0 nitrogen and oxygen atoms in total. The standard InChI is InChI=1S/C22H44/c1-17(2)16-19(4)11-8-10-18(3)13-14-21-20(5)12-9-15-22(21,6)7/h17-21H,8-16H2,1-7H3. The van der Waals surface area contributed by atoms with Crippen LogP contribution in [0.1, 0.15) is 106 Å². The Morgan fingerprint density at radius 2 is 1.59 bits per heavy atom. The van der Waals surface area contributed by atoms with E-state index < -0.39 is 0 Å². The van der Waals surface area contributed by atoms with Crippen molar-refractivity contribution in [2.75, 3.05) is 0 Å². The molecular formula is C22H44. The van der Waals surface area contributed by atoms with Gasteiger partial charge < -0.3 is 0 Å². The molecule has 0 aromatic carbocycles. The molecule has 0 saturated heterocycles. The maximum atomic E-state index is 2.52. The van der Waals surface area contributed by atoms with Gasteiger partial charge in [-0.25, -0.2) is 0 Å². The van der Waals surface area contributed by atoms with Gasteiger partial charge in [0.25, 0.3) is 0 Å². The second-order valence-electron chi connectivity index (χ2n) is 9.81. The molecule has 1 aliphatic carbocycles. The van der Waals surface area contributed by atoms with Gasteiger partial charge in [0, 0.05) is 0 Å². The molecular weight excluding hydrogens is 264 g/mol. The molecule has 0 radical (unpaired) electrons. The van der Waals surface area contributed by atoms with E-state index in [2.05, 4.69) is 48.5 Å². The molecule has 0 aromatic rings. The SMILES string of the molecule is CC(C)CC(C)CCCC(C)CCC1C(C)CCCC1(C)C. The van der Waals surface area contributed by atoms with E-state index in [1.54, 1.807) is 0 Å². The van der Waals surface area contributed by atoms with Crippen LogP contribution in [0.3, 0.4) is 0 Å². The quantitative estimate of drug-likeness (QED) is 0.409. The molecule has 1 fully saturated rings. The van der Waals surface area contributed by atoms with Crippen LogP contribution >= 0.6 is 0 Å². The maximum absolute atomic E-state index is 2.52. The first-order chi connectivity index (χ1) is 10.2. The summed E-state index contributed by atoms with van der Waals surface area (Å²) in [6, 6.07) is 0. The van der Waals surface area contributed by atoms with E-state index in [4.69, 9.17) is 0 Å². The molecule has 0 amide bonds. The number of hydrogen-bond donors (Lipinski definition) is 0. The summed E-state index contributed by atoms with van der Waals surface area (Å²) in [5.74, 6) is 4.62. The third kappa shape index (κ3) is 7.05. The van der Waals surface area contributed by atoms with E-state index in [1.807, 2.05) is 0 Å². The van der Waals surface area contributed by atoms with Crippen molar-refractivity contribution in [2.24, 2.45) is 35.0 Å². The van der Waals surface area contributed by atoms with Crippen molar-refractivity contribution < 1.29 is 0 Å². The van der Waals surface area contributed by atoms with Crippen LogP contribution in [0.4, 0.5) is 0 Å². The summed E-state index contributed by atoms with van der Waals surface area (Å²) in [5.41, 5.74) is 0.586. The van der Waals surface area contributed by atoms with Crippen LogP contribution in [0.2, 0.25) is 0 Å². The van der Waals surface area contributed by atoms with Crippen molar-refractivity contribution in [2.45, 2.75) is 106 Å². The summed E-state index contributed by atoms with van der Waals surface area (Å²) in [6.45, 7) is 17.2. The minimum absolute atomic E-state index is 0.586. The van der Waals surface area contributed by atoms with Crippen molar-refractivity contribution in [3.8, 4) is 0 Å². The topological polar surface area (TPSA) is 0 Å². The minimum atomic E-state index is 0.586. The van der Waals surface area contributed by atoms with Gasteiger partial charge in [-0.05, 0) is 54.3 Å². The average Bonchev–Trinajstić information content (AvgIpc) is 2.36. The zero-order valence-electron chi connectivity index (χ0n) is 16.8. The van der Waals surface area contributed by atoms with Crippen LogP contribution < -0.4 is 0 Å². The summed E-state index contributed by atoms with van der Waals surface area (Å²) >= 11 is 0. The molecule has 4 unspecified atom stereocenters. The van der Waals surface area contributed by atoms with Gasteiger partial charge in [-0.1, -0.05) is 87.0 Å². The lowest BCUT2D eigenvalue weighted by Gasteiger charge is -2.43. The van der Waals surface area contributed by atoms with E-state index in [1.165, 1.54) is 57.8 Å². The van der Waals surface area contributed by atoms with Crippen LogP contribution in [0.5, 0.6) is 0 Å². The first kappa shape index (κ1) is 20.0. The summed E-state index contributed by atoms with van der Waals surface area (Å²) in [7, 11) is 0. The predicted octanol–water partition coefficient (Wildman–Crippen LogP) is 7.72. The zero-order chi connectivity index (χ0) is 16.8. The van der Waals surface area contributed by atoms with Crippen LogP contribution in [-0.4, -0.2) is 0 Å². The lowest BCUT2D eigenvalue weighted by Crippen LogP contribution is -2.33. The molecule has 0 heteroatoms. The Bertz CT molecular complexity index is 288. The van der Waals surface area contributed by atoms with Crippen LogP contribution in [-0.2, 0) is 0 Å². The van der Waals surface area contributed by atoms with Crippen molar-refractivity contribution in [1.82, 2.24) is 0 Å². The molecule has 4 atom stereocenters. The van der Waals surface area contributed by atoms with Gasteiger partial charge in [0.1, 0.15) is 0 Å². The summed E-state index contributed by atoms with van der Waals surface area (Å²) < 4.78 is 0. The van der Waals surface area contributed by atoms with E-state index in [0.29, 0.717) is 5.41 Å². The first-order valence-corrected chi connectivity index (χ1v) is 10.2. The van der Waals surface area contributed by atoms with E-state index >= 15 is 0 Å². The third-order valence-electron chi connectivity index (χ3n) is 6.41.